The topological polar surface area (TPSA) is 40.5 Å². The first-order chi connectivity index (χ1) is 7.25. The van der Waals surface area contributed by atoms with Crippen LogP contribution >= 0.6 is 11.8 Å². The van der Waals surface area contributed by atoms with E-state index in [1.54, 1.807) is 0 Å². The van der Waals surface area contributed by atoms with Crippen LogP contribution in [0.25, 0.3) is 0 Å². The maximum atomic E-state index is 11.1. The summed E-state index contributed by atoms with van der Waals surface area (Å²) in [5.74, 6) is 1.53. The van der Waals surface area contributed by atoms with Crippen LogP contribution in [0, 0.1) is 0 Å². The molecule has 1 fully saturated rings. The molecule has 0 aromatic carbocycles. The van der Waals surface area contributed by atoms with Crippen molar-refractivity contribution in [2.75, 3.05) is 24.6 Å². The predicted octanol–water partition coefficient (Wildman–Crippen LogP) is 2.07. The minimum atomic E-state index is -0.640. The highest BCUT2D eigenvalue weighted by Crippen LogP contribution is 2.17. The maximum Gasteiger partial charge on any atom is 0.320 e. The largest absolute Gasteiger partial charge is 0.480 e. The fourth-order valence-corrected chi connectivity index (χ4v) is 2.69. The van der Waals surface area contributed by atoms with Gasteiger partial charge in [0.2, 0.25) is 0 Å². The summed E-state index contributed by atoms with van der Waals surface area (Å²) in [5, 5.41) is 9.14. The van der Waals surface area contributed by atoms with Gasteiger partial charge in [-0.15, -0.1) is 0 Å². The maximum absolute atomic E-state index is 11.1. The van der Waals surface area contributed by atoms with E-state index in [4.69, 9.17) is 5.11 Å². The molecule has 1 aliphatic heterocycles. The van der Waals surface area contributed by atoms with E-state index in [9.17, 15) is 4.79 Å². The number of carboxylic acids is 1. The van der Waals surface area contributed by atoms with E-state index < -0.39 is 5.97 Å². The highest BCUT2D eigenvalue weighted by molar-refractivity contribution is 7.99. The molecule has 1 atom stereocenters. The van der Waals surface area contributed by atoms with E-state index >= 15 is 0 Å². The second-order valence-electron chi connectivity index (χ2n) is 3.94. The third-order valence-electron chi connectivity index (χ3n) is 2.88. The molecule has 0 saturated carbocycles. The van der Waals surface area contributed by atoms with Crippen LogP contribution in [0.3, 0.4) is 0 Å². The highest BCUT2D eigenvalue weighted by Gasteiger charge is 2.26. The van der Waals surface area contributed by atoms with Crippen LogP contribution in [0.4, 0.5) is 0 Å². The molecule has 3 nitrogen and oxygen atoms in total. The number of rotatable bonds is 5. The van der Waals surface area contributed by atoms with E-state index in [-0.39, 0.29) is 6.04 Å². The Morgan fingerprint density at radius 3 is 2.93 bits per heavy atom. The minimum absolute atomic E-state index is 0.232. The zero-order chi connectivity index (χ0) is 11.1. The van der Waals surface area contributed by atoms with Gasteiger partial charge in [-0.1, -0.05) is 19.8 Å². The van der Waals surface area contributed by atoms with Gasteiger partial charge in [-0.2, -0.15) is 11.8 Å². The molecule has 1 heterocycles. The Hall–Kier alpha value is -0.220. The lowest BCUT2D eigenvalue weighted by molar-refractivity contribution is -0.143. The van der Waals surface area contributed by atoms with E-state index in [1.807, 2.05) is 11.8 Å². The molecule has 0 bridgehead atoms. The Labute approximate surface area is 96.2 Å². The summed E-state index contributed by atoms with van der Waals surface area (Å²) < 4.78 is 0. The van der Waals surface area contributed by atoms with Crippen LogP contribution in [0.15, 0.2) is 0 Å². The SMILES string of the molecule is CCSCCN1CCCCCC1C(=O)O. The van der Waals surface area contributed by atoms with Crippen LogP contribution in [0.1, 0.15) is 32.6 Å². The minimum Gasteiger partial charge on any atom is -0.480 e. The van der Waals surface area contributed by atoms with Gasteiger partial charge >= 0.3 is 5.97 Å². The molecule has 1 unspecified atom stereocenters. The van der Waals surface area contributed by atoms with Crippen LogP contribution in [0.2, 0.25) is 0 Å². The second-order valence-corrected chi connectivity index (χ2v) is 5.33. The van der Waals surface area contributed by atoms with Gasteiger partial charge in [-0.05, 0) is 25.1 Å². The Morgan fingerprint density at radius 1 is 1.47 bits per heavy atom. The molecule has 4 heteroatoms. The van der Waals surface area contributed by atoms with Crippen molar-refractivity contribution in [1.82, 2.24) is 4.90 Å². The molecule has 1 rings (SSSR count). The van der Waals surface area contributed by atoms with Crippen molar-refractivity contribution in [2.45, 2.75) is 38.6 Å². The molecule has 0 aromatic heterocycles. The number of carboxylic acid groups (broad SMARTS) is 1. The first-order valence-corrected chi connectivity index (χ1v) is 6.95. The van der Waals surface area contributed by atoms with Crippen molar-refractivity contribution in [3.8, 4) is 0 Å². The van der Waals surface area contributed by atoms with Crippen molar-refractivity contribution in [1.29, 1.82) is 0 Å². The molecule has 0 spiro atoms. The number of hydrogen-bond donors (Lipinski definition) is 1. The van der Waals surface area contributed by atoms with Gasteiger partial charge in [-0.25, -0.2) is 0 Å². The van der Waals surface area contributed by atoms with Crippen molar-refractivity contribution in [2.24, 2.45) is 0 Å². The van der Waals surface area contributed by atoms with Gasteiger partial charge < -0.3 is 5.11 Å². The number of nitrogens with zero attached hydrogens (tertiary/aromatic N) is 1. The lowest BCUT2D eigenvalue weighted by Gasteiger charge is -2.26. The summed E-state index contributed by atoms with van der Waals surface area (Å²) in [7, 11) is 0. The van der Waals surface area contributed by atoms with Crippen LogP contribution in [-0.2, 0) is 4.79 Å². The molecular weight excluding hydrogens is 210 g/mol. The zero-order valence-corrected chi connectivity index (χ0v) is 10.3. The standard InChI is InChI=1S/C11H21NO2S/c1-2-15-9-8-12-7-5-3-4-6-10(12)11(13)14/h10H,2-9H2,1H3,(H,13,14). The Morgan fingerprint density at radius 2 is 2.27 bits per heavy atom. The lowest BCUT2D eigenvalue weighted by Crippen LogP contribution is -2.41. The summed E-state index contributed by atoms with van der Waals surface area (Å²) in [6, 6.07) is -0.232. The molecule has 15 heavy (non-hydrogen) atoms. The van der Waals surface area contributed by atoms with Crippen molar-refractivity contribution in [3.05, 3.63) is 0 Å². The molecule has 88 valence electrons. The average Bonchev–Trinajstić information content (AvgIpc) is 2.43. The Balaban J connectivity index is 2.43. The van der Waals surface area contributed by atoms with Crippen molar-refractivity contribution >= 4 is 17.7 Å². The van der Waals surface area contributed by atoms with Crippen LogP contribution in [0.5, 0.6) is 0 Å². The summed E-state index contributed by atoms with van der Waals surface area (Å²) in [4.78, 5) is 13.3. The van der Waals surface area contributed by atoms with Crippen molar-refractivity contribution in [3.63, 3.8) is 0 Å². The van der Waals surface area contributed by atoms with E-state index in [0.29, 0.717) is 0 Å². The molecular formula is C11H21NO2S. The second kappa shape index (κ2) is 7.12. The van der Waals surface area contributed by atoms with Gasteiger partial charge in [-0.3, -0.25) is 9.69 Å². The predicted molar refractivity (Wildman–Crippen MR) is 64.5 cm³/mol. The Bertz CT molecular complexity index is 199. The summed E-state index contributed by atoms with van der Waals surface area (Å²) in [5.41, 5.74) is 0. The number of likely N-dealkylation sites (tertiary alicyclic amines) is 1. The number of hydrogen-bond acceptors (Lipinski definition) is 3. The quantitative estimate of drug-likeness (QED) is 0.735. The van der Waals surface area contributed by atoms with E-state index in [0.717, 1.165) is 43.9 Å². The smallest absolute Gasteiger partial charge is 0.320 e. The molecule has 1 N–H and O–H groups in total. The third kappa shape index (κ3) is 4.43. The lowest BCUT2D eigenvalue weighted by atomic mass is 10.1. The van der Waals surface area contributed by atoms with Crippen molar-refractivity contribution < 1.29 is 9.90 Å². The average molecular weight is 231 g/mol. The fourth-order valence-electron chi connectivity index (χ4n) is 2.04. The highest BCUT2D eigenvalue weighted by atomic mass is 32.2. The normalized spacial score (nSPS) is 23.7. The fraction of sp³-hybridized carbons (Fsp3) is 0.909. The van der Waals surface area contributed by atoms with E-state index in [2.05, 4.69) is 11.8 Å². The third-order valence-corrected chi connectivity index (χ3v) is 3.76. The first-order valence-electron chi connectivity index (χ1n) is 5.80. The molecule has 1 saturated heterocycles. The monoisotopic (exact) mass is 231 g/mol. The van der Waals surface area contributed by atoms with E-state index in [1.165, 1.54) is 6.42 Å². The van der Waals surface area contributed by atoms with Crippen LogP contribution in [-0.4, -0.2) is 46.6 Å². The number of aliphatic carboxylic acids is 1. The van der Waals surface area contributed by atoms with Gasteiger partial charge in [0, 0.05) is 12.3 Å². The summed E-state index contributed by atoms with van der Waals surface area (Å²) in [6.45, 7) is 4.03. The number of thioether (sulfide) groups is 1. The van der Waals surface area contributed by atoms with Gasteiger partial charge in [0.05, 0.1) is 0 Å². The molecule has 1 aliphatic rings. The molecule has 0 radical (unpaired) electrons. The number of carbonyl (C=O) groups is 1. The molecule has 0 aliphatic carbocycles. The first kappa shape index (κ1) is 12.8. The van der Waals surface area contributed by atoms with Gasteiger partial charge in [0.15, 0.2) is 0 Å². The molecule has 0 aromatic rings. The molecule has 0 amide bonds. The van der Waals surface area contributed by atoms with Gasteiger partial charge in [0.1, 0.15) is 6.04 Å². The van der Waals surface area contributed by atoms with Gasteiger partial charge in [0.25, 0.3) is 0 Å². The summed E-state index contributed by atoms with van der Waals surface area (Å²) >= 11 is 1.89. The van der Waals surface area contributed by atoms with Crippen LogP contribution < -0.4 is 0 Å². The Kier molecular flexibility index (Phi) is 6.10. The zero-order valence-electron chi connectivity index (χ0n) is 9.45. The summed E-state index contributed by atoms with van der Waals surface area (Å²) in [6.07, 6.45) is 4.22.